The minimum Gasteiger partial charge on any atom is -0.494 e. The van der Waals surface area contributed by atoms with Crippen molar-refractivity contribution < 1.29 is 14.3 Å². The summed E-state index contributed by atoms with van der Waals surface area (Å²) >= 11 is 1.51. The van der Waals surface area contributed by atoms with Crippen LogP contribution in [0.1, 0.15) is 30.2 Å². The van der Waals surface area contributed by atoms with Crippen LogP contribution in [0.3, 0.4) is 0 Å². The Bertz CT molecular complexity index is 863. The Balaban J connectivity index is 1.36. The second-order valence-electron chi connectivity index (χ2n) is 6.20. The van der Waals surface area contributed by atoms with Crippen LogP contribution in [-0.2, 0) is 11.2 Å². The van der Waals surface area contributed by atoms with E-state index in [1.165, 1.54) is 16.9 Å². The third-order valence-electron chi connectivity index (χ3n) is 3.97. The standard InChI is InChI=1S/C22H24N2O3S/c1-2-26-18-10-12-19(13-11-18)27-14-6-9-21(25)24-22-23-16-20(28-22)15-17-7-4-3-5-8-17/h3-5,7-8,10-13,16H,2,6,9,14-15H2,1H3,(H,23,24,25). The van der Waals surface area contributed by atoms with Gasteiger partial charge in [-0.15, -0.1) is 11.3 Å². The van der Waals surface area contributed by atoms with Gasteiger partial charge in [-0.2, -0.15) is 0 Å². The number of hydrogen-bond acceptors (Lipinski definition) is 5. The SMILES string of the molecule is CCOc1ccc(OCCCC(=O)Nc2ncc(Cc3ccccc3)s2)cc1. The fourth-order valence-corrected chi connectivity index (χ4v) is 3.51. The highest BCUT2D eigenvalue weighted by Gasteiger charge is 2.07. The van der Waals surface area contributed by atoms with Crippen molar-refractivity contribution in [3.63, 3.8) is 0 Å². The first-order valence-corrected chi connectivity index (χ1v) is 10.2. The van der Waals surface area contributed by atoms with E-state index >= 15 is 0 Å². The molecule has 1 heterocycles. The molecule has 0 saturated carbocycles. The number of nitrogens with one attached hydrogen (secondary N) is 1. The molecule has 0 unspecified atom stereocenters. The van der Waals surface area contributed by atoms with Crippen molar-refractivity contribution >= 4 is 22.4 Å². The van der Waals surface area contributed by atoms with E-state index in [0.717, 1.165) is 22.8 Å². The van der Waals surface area contributed by atoms with Crippen LogP contribution in [-0.4, -0.2) is 24.1 Å². The fourth-order valence-electron chi connectivity index (χ4n) is 2.65. The molecule has 28 heavy (non-hydrogen) atoms. The highest BCUT2D eigenvalue weighted by Crippen LogP contribution is 2.21. The lowest BCUT2D eigenvalue weighted by Crippen LogP contribution is -2.12. The number of anilines is 1. The van der Waals surface area contributed by atoms with Gasteiger partial charge >= 0.3 is 0 Å². The molecule has 0 aliphatic heterocycles. The van der Waals surface area contributed by atoms with Gasteiger partial charge in [0.2, 0.25) is 5.91 Å². The third kappa shape index (κ3) is 6.39. The monoisotopic (exact) mass is 396 g/mol. The van der Waals surface area contributed by atoms with E-state index in [0.29, 0.717) is 31.2 Å². The molecule has 0 aliphatic rings. The lowest BCUT2D eigenvalue weighted by Gasteiger charge is -2.07. The number of hydrogen-bond donors (Lipinski definition) is 1. The summed E-state index contributed by atoms with van der Waals surface area (Å²) in [5.74, 6) is 1.55. The molecule has 1 amide bonds. The molecular weight excluding hydrogens is 372 g/mol. The van der Waals surface area contributed by atoms with E-state index in [9.17, 15) is 4.79 Å². The highest BCUT2D eigenvalue weighted by atomic mass is 32.1. The number of carbonyl (C=O) groups excluding carboxylic acids is 1. The van der Waals surface area contributed by atoms with Gasteiger partial charge in [-0.3, -0.25) is 4.79 Å². The maximum absolute atomic E-state index is 12.1. The first-order valence-electron chi connectivity index (χ1n) is 9.37. The highest BCUT2D eigenvalue weighted by molar-refractivity contribution is 7.15. The van der Waals surface area contributed by atoms with Gasteiger partial charge in [-0.05, 0) is 43.2 Å². The van der Waals surface area contributed by atoms with Crippen molar-refractivity contribution in [2.45, 2.75) is 26.2 Å². The maximum Gasteiger partial charge on any atom is 0.226 e. The summed E-state index contributed by atoms with van der Waals surface area (Å²) < 4.78 is 11.1. The van der Waals surface area contributed by atoms with E-state index in [1.807, 2.05) is 55.6 Å². The van der Waals surface area contributed by atoms with Crippen LogP contribution in [0.15, 0.2) is 60.8 Å². The van der Waals surface area contributed by atoms with Crippen LogP contribution in [0, 0.1) is 0 Å². The first kappa shape index (κ1) is 19.9. The van der Waals surface area contributed by atoms with E-state index in [1.54, 1.807) is 0 Å². The van der Waals surface area contributed by atoms with Gasteiger partial charge in [-0.25, -0.2) is 4.98 Å². The molecule has 0 bridgehead atoms. The average molecular weight is 397 g/mol. The number of aromatic nitrogens is 1. The van der Waals surface area contributed by atoms with Crippen molar-refractivity contribution in [2.75, 3.05) is 18.5 Å². The molecule has 6 heteroatoms. The van der Waals surface area contributed by atoms with Gasteiger partial charge in [0.15, 0.2) is 5.13 Å². The topological polar surface area (TPSA) is 60.5 Å². The van der Waals surface area contributed by atoms with Crippen LogP contribution in [0.4, 0.5) is 5.13 Å². The molecule has 3 rings (SSSR count). The Morgan fingerprint density at radius 3 is 2.46 bits per heavy atom. The van der Waals surface area contributed by atoms with Crippen LogP contribution in [0.2, 0.25) is 0 Å². The summed E-state index contributed by atoms with van der Waals surface area (Å²) in [5, 5.41) is 3.51. The number of amides is 1. The molecule has 0 atom stereocenters. The number of ether oxygens (including phenoxy) is 2. The van der Waals surface area contributed by atoms with Crippen molar-refractivity contribution in [1.29, 1.82) is 0 Å². The van der Waals surface area contributed by atoms with Crippen molar-refractivity contribution in [1.82, 2.24) is 4.98 Å². The molecule has 1 N–H and O–H groups in total. The van der Waals surface area contributed by atoms with Gasteiger partial charge < -0.3 is 14.8 Å². The molecule has 1 aromatic heterocycles. The predicted molar refractivity (Wildman–Crippen MR) is 112 cm³/mol. The summed E-state index contributed by atoms with van der Waals surface area (Å²) in [6.45, 7) is 3.08. The van der Waals surface area contributed by atoms with Crippen molar-refractivity contribution in [3.05, 3.63) is 71.2 Å². The zero-order chi connectivity index (χ0) is 19.6. The summed E-state index contributed by atoms with van der Waals surface area (Å²) in [6.07, 6.45) is 3.68. The van der Waals surface area contributed by atoms with Crippen LogP contribution in [0.25, 0.3) is 0 Å². The van der Waals surface area contributed by atoms with E-state index in [-0.39, 0.29) is 5.91 Å². The zero-order valence-electron chi connectivity index (χ0n) is 15.9. The molecular formula is C22H24N2O3S. The summed E-state index contributed by atoms with van der Waals surface area (Å²) in [5.41, 5.74) is 1.23. The minimum atomic E-state index is -0.0455. The molecule has 0 aliphatic carbocycles. The Hall–Kier alpha value is -2.86. The predicted octanol–water partition coefficient (Wildman–Crippen LogP) is 4.93. The second-order valence-corrected chi connectivity index (χ2v) is 7.31. The van der Waals surface area contributed by atoms with E-state index in [2.05, 4.69) is 22.4 Å². The molecule has 2 aromatic carbocycles. The molecule has 0 fully saturated rings. The lowest BCUT2D eigenvalue weighted by molar-refractivity contribution is -0.116. The number of rotatable bonds is 10. The Morgan fingerprint density at radius 1 is 1.04 bits per heavy atom. The second kappa shape index (κ2) is 10.5. The van der Waals surface area contributed by atoms with E-state index < -0.39 is 0 Å². The molecule has 0 radical (unpaired) electrons. The number of carbonyl (C=O) groups is 1. The number of nitrogens with zero attached hydrogens (tertiary/aromatic N) is 1. The quantitative estimate of drug-likeness (QED) is 0.494. The molecule has 0 spiro atoms. The largest absolute Gasteiger partial charge is 0.494 e. The Kier molecular flexibility index (Phi) is 7.44. The zero-order valence-corrected chi connectivity index (χ0v) is 16.7. The normalized spacial score (nSPS) is 10.5. The lowest BCUT2D eigenvalue weighted by atomic mass is 10.1. The molecule has 5 nitrogen and oxygen atoms in total. The molecule has 3 aromatic rings. The number of thiazole rings is 1. The molecule has 146 valence electrons. The Labute approximate surface area is 169 Å². The van der Waals surface area contributed by atoms with E-state index in [4.69, 9.17) is 9.47 Å². The van der Waals surface area contributed by atoms with Gasteiger partial charge in [0.05, 0.1) is 13.2 Å². The Morgan fingerprint density at radius 2 is 1.75 bits per heavy atom. The maximum atomic E-state index is 12.1. The third-order valence-corrected chi connectivity index (χ3v) is 4.89. The number of benzene rings is 2. The van der Waals surface area contributed by atoms with Crippen LogP contribution >= 0.6 is 11.3 Å². The van der Waals surface area contributed by atoms with Crippen LogP contribution < -0.4 is 14.8 Å². The van der Waals surface area contributed by atoms with Gasteiger partial charge in [0, 0.05) is 23.9 Å². The van der Waals surface area contributed by atoms with Crippen molar-refractivity contribution in [2.24, 2.45) is 0 Å². The molecule has 0 saturated heterocycles. The summed E-state index contributed by atoms with van der Waals surface area (Å²) in [4.78, 5) is 17.5. The van der Waals surface area contributed by atoms with Gasteiger partial charge in [0.1, 0.15) is 11.5 Å². The fraction of sp³-hybridized carbons (Fsp3) is 0.273. The summed E-state index contributed by atoms with van der Waals surface area (Å²) in [7, 11) is 0. The first-order chi connectivity index (χ1) is 13.7. The van der Waals surface area contributed by atoms with Crippen molar-refractivity contribution in [3.8, 4) is 11.5 Å². The minimum absolute atomic E-state index is 0.0455. The smallest absolute Gasteiger partial charge is 0.226 e. The average Bonchev–Trinajstić information content (AvgIpc) is 3.14. The van der Waals surface area contributed by atoms with Crippen LogP contribution in [0.5, 0.6) is 11.5 Å². The van der Waals surface area contributed by atoms with Gasteiger partial charge in [0.25, 0.3) is 0 Å². The van der Waals surface area contributed by atoms with Gasteiger partial charge in [-0.1, -0.05) is 30.3 Å². The summed E-state index contributed by atoms with van der Waals surface area (Å²) in [6, 6.07) is 17.7.